The van der Waals surface area contributed by atoms with Crippen LogP contribution in [0, 0.1) is 0 Å². The van der Waals surface area contributed by atoms with Gasteiger partial charge in [-0.1, -0.05) is 20.4 Å². The van der Waals surface area contributed by atoms with Gasteiger partial charge in [0, 0.05) is 24.3 Å². The van der Waals surface area contributed by atoms with Crippen molar-refractivity contribution in [2.75, 3.05) is 0 Å². The summed E-state index contributed by atoms with van der Waals surface area (Å²) in [6.07, 6.45) is 7.01. The van der Waals surface area contributed by atoms with E-state index in [9.17, 15) is 0 Å². The van der Waals surface area contributed by atoms with Crippen LogP contribution in [0.3, 0.4) is 0 Å². The summed E-state index contributed by atoms with van der Waals surface area (Å²) in [6, 6.07) is 0. The van der Waals surface area contributed by atoms with Crippen molar-refractivity contribution >= 4 is 12.3 Å². The first-order valence-corrected chi connectivity index (χ1v) is 4.33. The summed E-state index contributed by atoms with van der Waals surface area (Å²) < 4.78 is 1.82. The van der Waals surface area contributed by atoms with Gasteiger partial charge < -0.3 is 10.3 Å². The molecular formula is C10H17N3. The molecule has 0 fully saturated rings. The van der Waals surface area contributed by atoms with Crippen LogP contribution in [0.5, 0.6) is 0 Å². The quantitative estimate of drug-likeness (QED) is 0.757. The Bertz CT molecular complexity index is 280. The zero-order valence-corrected chi connectivity index (χ0v) is 8.49. The molecule has 0 saturated heterocycles. The number of hydrogen-bond donors (Lipinski definition) is 1. The Hall–Kier alpha value is -1.51. The molecule has 1 rings (SSSR count). The van der Waals surface area contributed by atoms with Crippen LogP contribution >= 0.6 is 0 Å². The van der Waals surface area contributed by atoms with E-state index in [1.165, 1.54) is 0 Å². The van der Waals surface area contributed by atoms with E-state index < -0.39 is 0 Å². The molecule has 1 aromatic heterocycles. The molecule has 3 heteroatoms. The van der Waals surface area contributed by atoms with Crippen LogP contribution in [0.1, 0.15) is 26.6 Å². The standard InChI is InChI=1S/C8H11N3.C2H6/c1-3-8-10-4-5-11(8)6-7(2)9;1-2/h3-6H,1,9H2,2H3;1-2H3/b7-6+;. The third-order valence-corrected chi connectivity index (χ3v) is 1.22. The van der Waals surface area contributed by atoms with Crippen molar-refractivity contribution in [3.8, 4) is 0 Å². The van der Waals surface area contributed by atoms with Crippen LogP contribution in [0.4, 0.5) is 0 Å². The molecule has 0 aliphatic heterocycles. The zero-order valence-electron chi connectivity index (χ0n) is 8.49. The molecule has 3 nitrogen and oxygen atoms in total. The molecule has 0 atom stereocenters. The highest BCUT2D eigenvalue weighted by molar-refractivity contribution is 5.43. The maximum Gasteiger partial charge on any atom is 0.136 e. The molecule has 2 N–H and O–H groups in total. The molecule has 0 bridgehead atoms. The summed E-state index contributed by atoms with van der Waals surface area (Å²) in [5, 5.41) is 0. The fourth-order valence-electron chi connectivity index (χ4n) is 0.811. The van der Waals surface area contributed by atoms with Gasteiger partial charge in [-0.05, 0) is 13.0 Å². The summed E-state index contributed by atoms with van der Waals surface area (Å²) in [5.74, 6) is 0.801. The van der Waals surface area contributed by atoms with Gasteiger partial charge in [0.1, 0.15) is 5.82 Å². The number of allylic oxidation sites excluding steroid dienone is 1. The molecule has 1 heterocycles. The fourth-order valence-corrected chi connectivity index (χ4v) is 0.811. The summed E-state index contributed by atoms with van der Waals surface area (Å²) in [6.45, 7) is 9.44. The van der Waals surface area contributed by atoms with Gasteiger partial charge in [0.05, 0.1) is 0 Å². The lowest BCUT2D eigenvalue weighted by Gasteiger charge is -1.96. The summed E-state index contributed by atoms with van der Waals surface area (Å²) in [4.78, 5) is 4.03. The van der Waals surface area contributed by atoms with Gasteiger partial charge in [-0.2, -0.15) is 0 Å². The average molecular weight is 179 g/mol. The van der Waals surface area contributed by atoms with E-state index in [0.717, 1.165) is 11.5 Å². The number of nitrogens with two attached hydrogens (primary N) is 1. The van der Waals surface area contributed by atoms with Crippen molar-refractivity contribution in [2.24, 2.45) is 5.73 Å². The third kappa shape index (κ3) is 3.60. The van der Waals surface area contributed by atoms with E-state index in [-0.39, 0.29) is 0 Å². The van der Waals surface area contributed by atoms with E-state index in [0.29, 0.717) is 0 Å². The van der Waals surface area contributed by atoms with Crippen molar-refractivity contribution in [3.05, 3.63) is 30.5 Å². The molecule has 0 radical (unpaired) electrons. The lowest BCUT2D eigenvalue weighted by molar-refractivity contribution is 1.09. The van der Waals surface area contributed by atoms with Crippen LogP contribution in [-0.2, 0) is 0 Å². The largest absolute Gasteiger partial charge is 0.401 e. The molecule has 1 aromatic rings. The number of nitrogens with zero attached hydrogens (tertiary/aromatic N) is 2. The second-order valence-electron chi connectivity index (χ2n) is 2.27. The molecule has 0 spiro atoms. The Morgan fingerprint density at radius 1 is 1.62 bits per heavy atom. The number of hydrogen-bond acceptors (Lipinski definition) is 2. The van der Waals surface area contributed by atoms with Gasteiger partial charge in [0.2, 0.25) is 0 Å². The maximum atomic E-state index is 5.49. The Morgan fingerprint density at radius 2 is 2.23 bits per heavy atom. The highest BCUT2D eigenvalue weighted by Crippen LogP contribution is 2.00. The van der Waals surface area contributed by atoms with Crippen molar-refractivity contribution < 1.29 is 0 Å². The van der Waals surface area contributed by atoms with Crippen LogP contribution < -0.4 is 5.73 Å². The maximum absolute atomic E-state index is 5.49. The van der Waals surface area contributed by atoms with Crippen molar-refractivity contribution in [3.63, 3.8) is 0 Å². The molecule has 0 aromatic carbocycles. The van der Waals surface area contributed by atoms with Gasteiger partial charge in [-0.3, -0.25) is 0 Å². The normalized spacial score (nSPS) is 10.2. The Morgan fingerprint density at radius 3 is 2.69 bits per heavy atom. The van der Waals surface area contributed by atoms with Gasteiger partial charge in [-0.15, -0.1) is 0 Å². The lowest BCUT2D eigenvalue weighted by Crippen LogP contribution is -1.95. The average Bonchev–Trinajstić information content (AvgIpc) is 2.54. The van der Waals surface area contributed by atoms with E-state index in [1.807, 2.05) is 31.5 Å². The summed E-state index contributed by atoms with van der Waals surface area (Å²) in [7, 11) is 0. The van der Waals surface area contributed by atoms with E-state index in [2.05, 4.69) is 11.6 Å². The first-order chi connectivity index (χ1) is 6.24. The smallest absolute Gasteiger partial charge is 0.136 e. The molecular weight excluding hydrogens is 162 g/mol. The number of aromatic nitrogens is 2. The van der Waals surface area contributed by atoms with E-state index in [4.69, 9.17) is 5.73 Å². The monoisotopic (exact) mass is 179 g/mol. The summed E-state index contributed by atoms with van der Waals surface area (Å²) >= 11 is 0. The van der Waals surface area contributed by atoms with Crippen LogP contribution in [0.25, 0.3) is 12.3 Å². The SMILES string of the molecule is C=Cc1nccn1/C=C(\C)N.CC. The number of imidazole rings is 1. The molecule has 13 heavy (non-hydrogen) atoms. The Balaban J connectivity index is 0.000000671. The predicted molar refractivity (Wildman–Crippen MR) is 57.8 cm³/mol. The second-order valence-corrected chi connectivity index (χ2v) is 2.27. The van der Waals surface area contributed by atoms with Gasteiger partial charge in [0.15, 0.2) is 0 Å². The molecule has 0 saturated carbocycles. The highest BCUT2D eigenvalue weighted by atomic mass is 15.0. The molecule has 0 aliphatic carbocycles. The predicted octanol–water partition coefficient (Wildman–Crippen LogP) is 2.33. The zero-order chi connectivity index (χ0) is 10.3. The van der Waals surface area contributed by atoms with Crippen molar-refractivity contribution in [1.82, 2.24) is 9.55 Å². The van der Waals surface area contributed by atoms with Crippen LogP contribution in [-0.4, -0.2) is 9.55 Å². The first kappa shape index (κ1) is 11.5. The molecule has 0 aliphatic rings. The first-order valence-electron chi connectivity index (χ1n) is 4.33. The fraction of sp³-hybridized carbons (Fsp3) is 0.300. The molecule has 72 valence electrons. The third-order valence-electron chi connectivity index (χ3n) is 1.22. The Labute approximate surface area is 79.6 Å². The van der Waals surface area contributed by atoms with Crippen LogP contribution in [0.15, 0.2) is 24.7 Å². The highest BCUT2D eigenvalue weighted by Gasteiger charge is 1.92. The second kappa shape index (κ2) is 6.06. The minimum atomic E-state index is 0.742. The van der Waals surface area contributed by atoms with Gasteiger partial charge in [-0.25, -0.2) is 4.98 Å². The minimum Gasteiger partial charge on any atom is -0.401 e. The van der Waals surface area contributed by atoms with Crippen molar-refractivity contribution in [2.45, 2.75) is 20.8 Å². The summed E-state index contributed by atoms with van der Waals surface area (Å²) in [5.41, 5.74) is 6.23. The Kier molecular flexibility index (Phi) is 5.35. The topological polar surface area (TPSA) is 43.8 Å². The minimum absolute atomic E-state index is 0.742. The van der Waals surface area contributed by atoms with Crippen molar-refractivity contribution in [1.29, 1.82) is 0 Å². The van der Waals surface area contributed by atoms with Gasteiger partial charge >= 0.3 is 0 Å². The lowest BCUT2D eigenvalue weighted by atomic mass is 10.5. The van der Waals surface area contributed by atoms with E-state index in [1.54, 1.807) is 18.5 Å². The molecule has 0 unspecified atom stereocenters. The van der Waals surface area contributed by atoms with E-state index >= 15 is 0 Å². The number of rotatable bonds is 2. The van der Waals surface area contributed by atoms with Crippen LogP contribution in [0.2, 0.25) is 0 Å². The van der Waals surface area contributed by atoms with Gasteiger partial charge in [0.25, 0.3) is 0 Å². The molecule has 0 amide bonds.